The van der Waals surface area contributed by atoms with Crippen molar-refractivity contribution in [3.05, 3.63) is 60.2 Å². The fourth-order valence-electron chi connectivity index (χ4n) is 3.54. The lowest BCUT2D eigenvalue weighted by Gasteiger charge is -2.38. The summed E-state index contributed by atoms with van der Waals surface area (Å²) in [5, 5.41) is 0. The number of para-hydroxylation sites is 2. The average Bonchev–Trinajstić information content (AvgIpc) is 2.72. The Morgan fingerprint density at radius 1 is 0.893 bits per heavy atom. The Kier molecular flexibility index (Phi) is 6.82. The fraction of sp³-hybridized carbons (Fsp3) is 0.391. The minimum absolute atomic E-state index is 0.0978. The number of fused-ring (bicyclic) bond motifs is 1. The highest BCUT2D eigenvalue weighted by atomic mass is 16.2. The third kappa shape index (κ3) is 4.98. The quantitative estimate of drug-likeness (QED) is 0.659. The molecule has 0 radical (unpaired) electrons. The Morgan fingerprint density at radius 3 is 2.29 bits per heavy atom. The van der Waals surface area contributed by atoms with E-state index in [2.05, 4.69) is 30.0 Å². The van der Waals surface area contributed by atoms with Crippen LogP contribution in [0.3, 0.4) is 0 Å². The predicted molar refractivity (Wildman–Crippen MR) is 114 cm³/mol. The molecule has 0 unspecified atom stereocenters. The van der Waals surface area contributed by atoms with E-state index in [9.17, 15) is 9.59 Å². The van der Waals surface area contributed by atoms with Gasteiger partial charge in [-0.15, -0.1) is 0 Å². The lowest BCUT2D eigenvalue weighted by molar-refractivity contribution is -0.118. The summed E-state index contributed by atoms with van der Waals surface area (Å²) in [6, 6.07) is 17.4. The molecule has 1 heterocycles. The Bertz CT molecular complexity index is 805. The third-order valence-corrected chi connectivity index (χ3v) is 5.12. The van der Waals surface area contributed by atoms with E-state index >= 15 is 0 Å². The molecule has 1 amide bonds. The van der Waals surface area contributed by atoms with E-state index in [1.54, 1.807) is 0 Å². The number of rotatable bonds is 8. The molecule has 28 heavy (non-hydrogen) atoms. The molecule has 0 aromatic heterocycles. The normalized spacial score (nSPS) is 13.5. The molecular weight excluding hydrogens is 350 g/mol. The molecule has 2 aromatic carbocycles. The van der Waals surface area contributed by atoms with Crippen molar-refractivity contribution in [1.82, 2.24) is 4.90 Å². The van der Waals surface area contributed by atoms with Gasteiger partial charge in [-0.25, -0.2) is 0 Å². The van der Waals surface area contributed by atoms with Crippen molar-refractivity contribution in [2.45, 2.75) is 19.3 Å². The van der Waals surface area contributed by atoms with Gasteiger partial charge in [-0.1, -0.05) is 42.5 Å². The maximum atomic E-state index is 12.8. The number of nitrogens with zero attached hydrogens (tertiary/aromatic N) is 3. The van der Waals surface area contributed by atoms with Crippen LogP contribution < -0.4 is 9.80 Å². The molecule has 0 N–H and O–H groups in total. The van der Waals surface area contributed by atoms with Crippen LogP contribution in [0.1, 0.15) is 29.6 Å². The van der Waals surface area contributed by atoms with Gasteiger partial charge in [-0.2, -0.15) is 0 Å². The minimum atomic E-state index is 0.0978. The van der Waals surface area contributed by atoms with Gasteiger partial charge >= 0.3 is 0 Å². The Labute approximate surface area is 167 Å². The van der Waals surface area contributed by atoms with E-state index in [1.165, 1.54) is 0 Å². The number of benzene rings is 2. The van der Waals surface area contributed by atoms with Gasteiger partial charge in [0, 0.05) is 44.6 Å². The average molecular weight is 380 g/mol. The van der Waals surface area contributed by atoms with E-state index in [-0.39, 0.29) is 11.7 Å². The number of carbonyl (C=O) groups excluding carboxylic acids is 2. The molecule has 5 heteroatoms. The van der Waals surface area contributed by atoms with E-state index < -0.39 is 0 Å². The highest BCUT2D eigenvalue weighted by Crippen LogP contribution is 2.33. The zero-order chi connectivity index (χ0) is 19.9. The van der Waals surface area contributed by atoms with Crippen LogP contribution >= 0.6 is 0 Å². The maximum absolute atomic E-state index is 12.8. The van der Waals surface area contributed by atoms with Crippen molar-refractivity contribution in [2.24, 2.45) is 0 Å². The van der Waals surface area contributed by atoms with Crippen molar-refractivity contribution in [2.75, 3.05) is 50.1 Å². The summed E-state index contributed by atoms with van der Waals surface area (Å²) >= 11 is 0. The molecule has 0 saturated heterocycles. The van der Waals surface area contributed by atoms with Crippen molar-refractivity contribution in [1.29, 1.82) is 0 Å². The molecule has 148 valence electrons. The largest absolute Gasteiger partial charge is 0.367 e. The summed E-state index contributed by atoms with van der Waals surface area (Å²) in [4.78, 5) is 31.5. The number of hydrogen-bond acceptors (Lipinski definition) is 4. The van der Waals surface area contributed by atoms with Crippen molar-refractivity contribution in [3.8, 4) is 0 Å². The number of hydrogen-bond donors (Lipinski definition) is 0. The van der Waals surface area contributed by atoms with Crippen LogP contribution in [0, 0.1) is 0 Å². The predicted octanol–water partition coefficient (Wildman–Crippen LogP) is 3.45. The second-order valence-electron chi connectivity index (χ2n) is 7.47. The molecule has 0 fully saturated rings. The molecule has 1 aliphatic heterocycles. The van der Waals surface area contributed by atoms with Crippen LogP contribution in [0.5, 0.6) is 0 Å². The number of anilines is 2. The zero-order valence-electron chi connectivity index (χ0n) is 16.8. The Hall–Kier alpha value is -2.66. The monoisotopic (exact) mass is 379 g/mol. The first-order chi connectivity index (χ1) is 13.6. The molecule has 0 aliphatic carbocycles. The van der Waals surface area contributed by atoms with E-state index in [0.717, 1.165) is 36.6 Å². The number of likely N-dealkylation sites (N-methyl/N-ethyl adjacent to an activating group) is 1. The molecule has 0 bridgehead atoms. The Balaban J connectivity index is 1.59. The van der Waals surface area contributed by atoms with E-state index in [1.807, 2.05) is 53.4 Å². The Morgan fingerprint density at radius 2 is 1.57 bits per heavy atom. The van der Waals surface area contributed by atoms with Crippen LogP contribution in [-0.2, 0) is 4.79 Å². The third-order valence-electron chi connectivity index (χ3n) is 5.12. The van der Waals surface area contributed by atoms with Gasteiger partial charge in [0.15, 0.2) is 5.78 Å². The smallest absolute Gasteiger partial charge is 0.227 e. The van der Waals surface area contributed by atoms with Crippen LogP contribution in [0.2, 0.25) is 0 Å². The van der Waals surface area contributed by atoms with Gasteiger partial charge in [0.1, 0.15) is 0 Å². The van der Waals surface area contributed by atoms with Gasteiger partial charge in [-0.3, -0.25) is 9.59 Å². The number of ketones is 1. The summed E-state index contributed by atoms with van der Waals surface area (Å²) in [7, 11) is 4.14. The molecule has 0 atom stereocenters. The van der Waals surface area contributed by atoms with Gasteiger partial charge in [-0.05, 0) is 32.6 Å². The summed E-state index contributed by atoms with van der Waals surface area (Å²) in [6.07, 6.45) is 1.38. The first kappa shape index (κ1) is 20.1. The first-order valence-corrected chi connectivity index (χ1v) is 9.93. The molecule has 0 saturated carbocycles. The van der Waals surface area contributed by atoms with Crippen molar-refractivity contribution in [3.63, 3.8) is 0 Å². The molecule has 2 aromatic rings. The molecule has 1 aliphatic rings. The second-order valence-corrected chi connectivity index (χ2v) is 7.47. The number of carbonyl (C=O) groups is 2. The van der Waals surface area contributed by atoms with Gasteiger partial charge in [0.2, 0.25) is 5.91 Å². The van der Waals surface area contributed by atoms with Gasteiger partial charge in [0.25, 0.3) is 0 Å². The lowest BCUT2D eigenvalue weighted by Crippen LogP contribution is -2.45. The van der Waals surface area contributed by atoms with Crippen LogP contribution in [0.4, 0.5) is 11.4 Å². The van der Waals surface area contributed by atoms with Crippen LogP contribution in [0.25, 0.3) is 0 Å². The summed E-state index contributed by atoms with van der Waals surface area (Å²) in [6.45, 7) is 3.44. The van der Waals surface area contributed by atoms with Crippen molar-refractivity contribution >= 4 is 23.1 Å². The lowest BCUT2D eigenvalue weighted by atomic mass is 10.0. The van der Waals surface area contributed by atoms with Gasteiger partial charge < -0.3 is 14.7 Å². The summed E-state index contributed by atoms with van der Waals surface area (Å²) < 4.78 is 0. The second kappa shape index (κ2) is 9.51. The number of Topliss-reactive ketones (excluding diaryl/α,β-unsaturated/α-hetero) is 1. The number of amides is 1. The van der Waals surface area contributed by atoms with Gasteiger partial charge in [0.05, 0.1) is 11.4 Å². The molecular formula is C23H29N3O2. The highest BCUT2D eigenvalue weighted by molar-refractivity contribution is 5.99. The standard InChI is InChI=1S/C23H29N3O2/c1-24(2)15-16-25-17-18-26(21-12-7-6-11-20(21)25)23(28)14-8-13-22(27)19-9-4-3-5-10-19/h3-7,9-12H,8,13-18H2,1-2H3. The van der Waals surface area contributed by atoms with Crippen molar-refractivity contribution < 1.29 is 9.59 Å². The topological polar surface area (TPSA) is 43.9 Å². The first-order valence-electron chi connectivity index (χ1n) is 9.93. The molecule has 5 nitrogen and oxygen atoms in total. The zero-order valence-corrected chi connectivity index (χ0v) is 16.8. The fourth-order valence-corrected chi connectivity index (χ4v) is 3.54. The SMILES string of the molecule is CN(C)CCN1CCN(C(=O)CCCC(=O)c2ccccc2)c2ccccc21. The van der Waals surface area contributed by atoms with Crippen LogP contribution in [0.15, 0.2) is 54.6 Å². The van der Waals surface area contributed by atoms with E-state index in [0.29, 0.717) is 25.8 Å². The van der Waals surface area contributed by atoms with E-state index in [4.69, 9.17) is 0 Å². The molecule has 3 rings (SSSR count). The molecule has 0 spiro atoms. The van der Waals surface area contributed by atoms with Crippen LogP contribution in [-0.4, -0.2) is 56.9 Å². The minimum Gasteiger partial charge on any atom is -0.367 e. The summed E-state index contributed by atoms with van der Waals surface area (Å²) in [5.41, 5.74) is 2.81. The highest BCUT2D eigenvalue weighted by Gasteiger charge is 2.26. The summed E-state index contributed by atoms with van der Waals surface area (Å²) in [5.74, 6) is 0.197. The maximum Gasteiger partial charge on any atom is 0.227 e.